The van der Waals surface area contributed by atoms with Gasteiger partial charge < -0.3 is 19.4 Å². The fourth-order valence-corrected chi connectivity index (χ4v) is 5.30. The van der Waals surface area contributed by atoms with Gasteiger partial charge in [-0.15, -0.1) is 5.06 Å². The van der Waals surface area contributed by atoms with Gasteiger partial charge in [-0.25, -0.2) is 9.59 Å². The van der Waals surface area contributed by atoms with E-state index in [1.165, 1.54) is 41.8 Å². The molecule has 0 spiro atoms. The Bertz CT molecular complexity index is 1330. The van der Waals surface area contributed by atoms with Crippen molar-refractivity contribution < 1.29 is 32.3 Å². The summed E-state index contributed by atoms with van der Waals surface area (Å²) in [6.45, 7) is 2.77. The number of urea groups is 1. The van der Waals surface area contributed by atoms with E-state index in [1.807, 2.05) is 6.07 Å². The Morgan fingerprint density at radius 1 is 0.953 bits per heavy atom. The summed E-state index contributed by atoms with van der Waals surface area (Å²) in [6.07, 6.45) is -1.56. The highest BCUT2D eigenvalue weighted by Gasteiger charge is 2.44. The van der Waals surface area contributed by atoms with E-state index in [-0.39, 0.29) is 18.8 Å². The Morgan fingerprint density at radius 3 is 2.23 bits per heavy atom. The molecule has 0 saturated carbocycles. The number of nitrogens with zero attached hydrogens (tertiary/aromatic N) is 3. The fourth-order valence-electron chi connectivity index (χ4n) is 5.10. The molecule has 7 nitrogen and oxygen atoms in total. The van der Waals surface area contributed by atoms with Gasteiger partial charge in [0.1, 0.15) is 5.75 Å². The molecule has 0 N–H and O–H groups in total. The molecule has 0 unspecified atom stereocenters. The molecule has 0 atom stereocenters. The molecule has 0 aromatic heterocycles. The molecular weight excluding hydrogens is 583 g/mol. The van der Waals surface area contributed by atoms with E-state index in [1.54, 1.807) is 24.3 Å². The molecule has 1 aliphatic rings. The molecule has 1 fully saturated rings. The topological polar surface area (TPSA) is 62.3 Å². The smallest absolute Gasteiger partial charge is 0.493 e. The Labute approximate surface area is 254 Å². The maximum absolute atomic E-state index is 13.8. The number of benzene rings is 3. The predicted molar refractivity (Wildman–Crippen MR) is 159 cm³/mol. The first-order chi connectivity index (χ1) is 20.6. The third kappa shape index (κ3) is 9.36. The van der Waals surface area contributed by atoms with Crippen molar-refractivity contribution in [1.82, 2.24) is 9.80 Å². The molecular formula is C32H35ClF3N3O4. The molecule has 4 rings (SSSR count). The zero-order chi connectivity index (χ0) is 30.8. The number of hydroxylamine groups is 1. The van der Waals surface area contributed by atoms with Crippen molar-refractivity contribution in [3.8, 4) is 5.75 Å². The van der Waals surface area contributed by atoms with Crippen LogP contribution in [0.15, 0.2) is 78.9 Å². The lowest BCUT2D eigenvalue weighted by molar-refractivity contribution is -0.200. The Balaban J connectivity index is 1.45. The van der Waals surface area contributed by atoms with Crippen molar-refractivity contribution in [3.63, 3.8) is 0 Å². The van der Waals surface area contributed by atoms with Gasteiger partial charge in [0.25, 0.3) is 0 Å². The second-order valence-corrected chi connectivity index (χ2v) is 10.9. The van der Waals surface area contributed by atoms with Crippen LogP contribution < -0.4 is 9.80 Å². The summed E-state index contributed by atoms with van der Waals surface area (Å²) in [6, 6.07) is 22.0. The second-order valence-electron chi connectivity index (χ2n) is 10.5. The third-order valence-electron chi connectivity index (χ3n) is 7.45. The van der Waals surface area contributed by atoms with E-state index in [9.17, 15) is 22.8 Å². The van der Waals surface area contributed by atoms with E-state index in [4.69, 9.17) is 16.3 Å². The van der Waals surface area contributed by atoms with E-state index in [0.717, 1.165) is 32.4 Å². The highest BCUT2D eigenvalue weighted by atomic mass is 35.5. The molecule has 3 aromatic carbocycles. The number of carbonyl (C=O) groups excluding carboxylic acids is 2. The van der Waals surface area contributed by atoms with Gasteiger partial charge in [0.15, 0.2) is 0 Å². The minimum Gasteiger partial charge on any atom is -0.497 e. The van der Waals surface area contributed by atoms with Crippen molar-refractivity contribution in [2.45, 2.75) is 38.4 Å². The number of hydrogen-bond donors (Lipinski definition) is 0. The van der Waals surface area contributed by atoms with Crippen molar-refractivity contribution in [2.24, 2.45) is 5.92 Å². The number of methoxy groups -OCH3 is 1. The van der Waals surface area contributed by atoms with Crippen LogP contribution in [0.25, 0.3) is 0 Å². The average Bonchev–Trinajstić information content (AvgIpc) is 3.01. The number of carbonyl (C=O) groups is 2. The van der Waals surface area contributed by atoms with Gasteiger partial charge in [-0.2, -0.15) is 13.2 Å². The minimum absolute atomic E-state index is 0.00782. The van der Waals surface area contributed by atoms with Crippen molar-refractivity contribution in [1.29, 1.82) is 0 Å². The van der Waals surface area contributed by atoms with Gasteiger partial charge >= 0.3 is 18.2 Å². The first-order valence-electron chi connectivity index (χ1n) is 14.2. The lowest BCUT2D eigenvalue weighted by Crippen LogP contribution is -2.47. The number of ether oxygens (including phenoxy) is 1. The number of amides is 2. The highest BCUT2D eigenvalue weighted by molar-refractivity contribution is 6.31. The lowest BCUT2D eigenvalue weighted by atomic mass is 9.90. The molecule has 2 amide bonds. The maximum atomic E-state index is 13.8. The summed E-state index contributed by atoms with van der Waals surface area (Å²) in [4.78, 5) is 34.0. The van der Waals surface area contributed by atoms with E-state index in [2.05, 4.69) is 34.0 Å². The first kappa shape index (κ1) is 32.2. The van der Waals surface area contributed by atoms with Gasteiger partial charge in [-0.05, 0) is 92.7 Å². The molecule has 1 saturated heterocycles. The molecule has 1 aliphatic heterocycles. The Kier molecular flexibility index (Phi) is 11.3. The average molecular weight is 618 g/mol. The summed E-state index contributed by atoms with van der Waals surface area (Å²) in [5.41, 5.74) is 1.88. The number of alkyl halides is 3. The molecule has 3 aromatic rings. The molecule has 43 heavy (non-hydrogen) atoms. The molecule has 0 radical (unpaired) electrons. The van der Waals surface area contributed by atoms with Crippen LogP contribution in [0, 0.1) is 5.92 Å². The van der Waals surface area contributed by atoms with Crippen LogP contribution in [0.5, 0.6) is 5.75 Å². The normalized spacial score (nSPS) is 14.3. The Hall–Kier alpha value is -3.76. The predicted octanol–water partition coefficient (Wildman–Crippen LogP) is 7.14. The number of hydrogen-bond acceptors (Lipinski definition) is 5. The second kappa shape index (κ2) is 15.1. The van der Waals surface area contributed by atoms with E-state index in [0.29, 0.717) is 40.3 Å². The monoisotopic (exact) mass is 617 g/mol. The largest absolute Gasteiger partial charge is 0.497 e. The van der Waals surface area contributed by atoms with Crippen LogP contribution in [0.2, 0.25) is 5.02 Å². The van der Waals surface area contributed by atoms with Gasteiger partial charge in [0.2, 0.25) is 0 Å². The minimum atomic E-state index is -5.30. The standard InChI is InChI=1S/C32H35ClF3N3O4/c1-42-28-14-12-27(13-15-28)39(43-30(40)32(34,35)36)31(41)38(23-26-10-5-6-11-29(26)33)19-7-18-37-20-16-25(17-21-37)22-24-8-3-2-4-9-24/h2-6,8-15,25H,7,16-23H2,1H3. The van der Waals surface area contributed by atoms with Crippen molar-refractivity contribution >= 4 is 29.3 Å². The van der Waals surface area contributed by atoms with Crippen molar-refractivity contribution in [3.05, 3.63) is 95.0 Å². The van der Waals surface area contributed by atoms with Crippen molar-refractivity contribution in [2.75, 3.05) is 38.4 Å². The molecule has 1 heterocycles. The quantitative estimate of drug-likeness (QED) is 0.226. The Morgan fingerprint density at radius 2 is 1.60 bits per heavy atom. The van der Waals surface area contributed by atoms with Gasteiger partial charge in [0, 0.05) is 18.1 Å². The number of likely N-dealkylation sites (tertiary alicyclic amines) is 1. The zero-order valence-electron chi connectivity index (χ0n) is 23.9. The fraction of sp³-hybridized carbons (Fsp3) is 0.375. The van der Waals surface area contributed by atoms with Gasteiger partial charge in [-0.3, -0.25) is 0 Å². The summed E-state index contributed by atoms with van der Waals surface area (Å²) in [5.74, 6) is -1.48. The third-order valence-corrected chi connectivity index (χ3v) is 7.82. The summed E-state index contributed by atoms with van der Waals surface area (Å²) < 4.78 is 44.7. The van der Waals surface area contributed by atoms with E-state index < -0.39 is 18.2 Å². The van der Waals surface area contributed by atoms with Crippen LogP contribution in [-0.2, 0) is 22.6 Å². The summed E-state index contributed by atoms with van der Waals surface area (Å²) in [5, 5.41) is 0.783. The number of rotatable bonds is 10. The van der Waals surface area contributed by atoms with Gasteiger partial charge in [-0.1, -0.05) is 60.1 Å². The number of piperidine rings is 1. The van der Waals surface area contributed by atoms with Crippen LogP contribution >= 0.6 is 11.6 Å². The molecule has 230 valence electrons. The van der Waals surface area contributed by atoms with Crippen LogP contribution in [0.1, 0.15) is 30.4 Å². The van der Waals surface area contributed by atoms with Crippen LogP contribution in [-0.4, -0.2) is 61.3 Å². The molecule has 0 bridgehead atoms. The number of anilines is 1. The van der Waals surface area contributed by atoms with Gasteiger partial charge in [0.05, 0.1) is 12.8 Å². The van der Waals surface area contributed by atoms with Crippen LogP contribution in [0.3, 0.4) is 0 Å². The van der Waals surface area contributed by atoms with E-state index >= 15 is 0 Å². The summed E-state index contributed by atoms with van der Waals surface area (Å²) in [7, 11) is 1.43. The SMILES string of the molecule is COc1ccc(N(OC(=O)C(F)(F)F)C(=O)N(CCCN2CCC(Cc3ccccc3)CC2)Cc2ccccc2Cl)cc1. The lowest BCUT2D eigenvalue weighted by Gasteiger charge is -2.33. The molecule has 11 heteroatoms. The maximum Gasteiger partial charge on any atom is 0.493 e. The zero-order valence-corrected chi connectivity index (χ0v) is 24.7. The van der Waals surface area contributed by atoms with Crippen LogP contribution in [0.4, 0.5) is 23.7 Å². The summed E-state index contributed by atoms with van der Waals surface area (Å²) >= 11 is 6.37. The number of halogens is 4. The highest BCUT2D eigenvalue weighted by Crippen LogP contribution is 2.27. The first-order valence-corrected chi connectivity index (χ1v) is 14.5. The molecule has 0 aliphatic carbocycles.